The maximum atomic E-state index is 12.2. The van der Waals surface area contributed by atoms with Crippen LogP contribution in [0, 0.1) is 0 Å². The van der Waals surface area contributed by atoms with Crippen molar-refractivity contribution in [2.24, 2.45) is 0 Å². The molecule has 1 aromatic carbocycles. The number of aromatic nitrogens is 2. The van der Waals surface area contributed by atoms with Gasteiger partial charge in [-0.2, -0.15) is 5.10 Å². The van der Waals surface area contributed by atoms with Crippen LogP contribution in [0.2, 0.25) is 0 Å². The lowest BCUT2D eigenvalue weighted by Crippen LogP contribution is -2.17. The van der Waals surface area contributed by atoms with E-state index in [2.05, 4.69) is 15.5 Å². The molecule has 22 heavy (non-hydrogen) atoms. The number of ether oxygens (including phenoxy) is 2. The molecule has 0 aliphatic carbocycles. The first kappa shape index (κ1) is 14.3. The van der Waals surface area contributed by atoms with Crippen LogP contribution in [-0.2, 0) is 0 Å². The Balaban J connectivity index is 1.73. The maximum absolute atomic E-state index is 12.2. The molecule has 2 heterocycles. The molecule has 114 valence electrons. The van der Waals surface area contributed by atoms with Gasteiger partial charge in [-0.05, 0) is 30.2 Å². The summed E-state index contributed by atoms with van der Waals surface area (Å²) in [5.41, 5.74) is 1.76. The summed E-state index contributed by atoms with van der Waals surface area (Å²) in [5, 5.41) is 10.8. The van der Waals surface area contributed by atoms with Crippen molar-refractivity contribution in [3.63, 3.8) is 0 Å². The van der Waals surface area contributed by atoms with E-state index in [0.717, 1.165) is 5.69 Å². The van der Waals surface area contributed by atoms with Crippen molar-refractivity contribution in [2.45, 2.75) is 19.8 Å². The van der Waals surface area contributed by atoms with Crippen LogP contribution in [0.15, 0.2) is 30.3 Å². The van der Waals surface area contributed by atoms with Crippen LogP contribution in [-0.4, -0.2) is 29.3 Å². The van der Waals surface area contributed by atoms with Gasteiger partial charge in [-0.15, -0.1) is 5.10 Å². The van der Waals surface area contributed by atoms with Gasteiger partial charge in [-0.25, -0.2) is 0 Å². The highest BCUT2D eigenvalue weighted by Crippen LogP contribution is 2.32. The van der Waals surface area contributed by atoms with E-state index >= 15 is 0 Å². The van der Waals surface area contributed by atoms with Crippen LogP contribution in [0.25, 0.3) is 0 Å². The van der Waals surface area contributed by atoms with E-state index in [1.165, 1.54) is 0 Å². The Labute approximate surface area is 128 Å². The number of hydrogen-bond acceptors (Lipinski definition) is 5. The molecule has 0 spiro atoms. The molecule has 0 saturated heterocycles. The Morgan fingerprint density at radius 2 is 1.86 bits per heavy atom. The molecular weight excluding hydrogens is 282 g/mol. The molecule has 0 radical (unpaired) electrons. The fourth-order valence-corrected chi connectivity index (χ4v) is 2.09. The number of carbonyl (C=O) groups excluding carboxylic acids is 1. The van der Waals surface area contributed by atoms with E-state index in [9.17, 15) is 4.79 Å². The zero-order chi connectivity index (χ0) is 15.5. The third-order valence-corrected chi connectivity index (χ3v) is 3.31. The smallest absolute Gasteiger partial charge is 0.276 e. The standard InChI is InChI=1S/C16H17N3O3/c1-10(2)12-4-5-13(19-18-12)16(20)17-11-3-6-14-15(9-11)22-8-7-21-14/h3-6,9-10H,7-8H2,1-2H3,(H,17,20). The van der Waals surface area contributed by atoms with Crippen LogP contribution in [0.3, 0.4) is 0 Å². The molecule has 1 N–H and O–H groups in total. The van der Waals surface area contributed by atoms with Crippen LogP contribution in [0.5, 0.6) is 11.5 Å². The zero-order valence-corrected chi connectivity index (χ0v) is 12.5. The van der Waals surface area contributed by atoms with Gasteiger partial charge in [-0.3, -0.25) is 4.79 Å². The predicted octanol–water partition coefficient (Wildman–Crippen LogP) is 2.62. The van der Waals surface area contributed by atoms with E-state index in [-0.39, 0.29) is 17.5 Å². The van der Waals surface area contributed by atoms with Crippen molar-refractivity contribution in [1.82, 2.24) is 10.2 Å². The van der Waals surface area contributed by atoms with E-state index < -0.39 is 0 Å². The summed E-state index contributed by atoms with van der Waals surface area (Å²) in [5.74, 6) is 1.29. The average molecular weight is 299 g/mol. The molecule has 0 saturated carbocycles. The fourth-order valence-electron chi connectivity index (χ4n) is 2.09. The van der Waals surface area contributed by atoms with Gasteiger partial charge in [0.15, 0.2) is 17.2 Å². The fraction of sp³-hybridized carbons (Fsp3) is 0.312. The number of hydrogen-bond donors (Lipinski definition) is 1. The van der Waals surface area contributed by atoms with Gasteiger partial charge < -0.3 is 14.8 Å². The summed E-state index contributed by atoms with van der Waals surface area (Å²) < 4.78 is 10.9. The third kappa shape index (κ3) is 3.00. The molecule has 3 rings (SSSR count). The molecular formula is C16H17N3O3. The molecule has 1 aromatic heterocycles. The van der Waals surface area contributed by atoms with E-state index in [4.69, 9.17) is 9.47 Å². The normalized spacial score (nSPS) is 13.0. The molecule has 0 fully saturated rings. The number of carbonyl (C=O) groups is 1. The minimum Gasteiger partial charge on any atom is -0.486 e. The average Bonchev–Trinajstić information content (AvgIpc) is 2.55. The molecule has 0 bridgehead atoms. The molecule has 1 aliphatic heterocycles. The minimum absolute atomic E-state index is 0.277. The Kier molecular flexibility index (Phi) is 3.91. The quantitative estimate of drug-likeness (QED) is 0.943. The van der Waals surface area contributed by atoms with Gasteiger partial charge in [0.25, 0.3) is 5.91 Å². The lowest BCUT2D eigenvalue weighted by molar-refractivity contribution is 0.102. The summed E-state index contributed by atoms with van der Waals surface area (Å²) in [6, 6.07) is 8.77. The molecule has 6 heteroatoms. The number of anilines is 1. The Bertz CT molecular complexity index is 684. The Morgan fingerprint density at radius 3 is 2.55 bits per heavy atom. The topological polar surface area (TPSA) is 73.3 Å². The van der Waals surface area contributed by atoms with Gasteiger partial charge in [-0.1, -0.05) is 13.8 Å². The van der Waals surface area contributed by atoms with E-state index in [1.807, 2.05) is 19.9 Å². The number of benzene rings is 1. The number of amides is 1. The van der Waals surface area contributed by atoms with Crippen molar-refractivity contribution in [2.75, 3.05) is 18.5 Å². The minimum atomic E-state index is -0.306. The second kappa shape index (κ2) is 6.01. The lowest BCUT2D eigenvalue weighted by atomic mass is 10.1. The molecule has 1 amide bonds. The molecule has 0 unspecified atom stereocenters. The first-order valence-corrected chi connectivity index (χ1v) is 7.18. The number of fused-ring (bicyclic) bond motifs is 1. The third-order valence-electron chi connectivity index (χ3n) is 3.31. The van der Waals surface area contributed by atoms with Gasteiger partial charge in [0, 0.05) is 11.8 Å². The summed E-state index contributed by atoms with van der Waals surface area (Å²) in [7, 11) is 0. The zero-order valence-electron chi connectivity index (χ0n) is 12.5. The maximum Gasteiger partial charge on any atom is 0.276 e. The first-order valence-electron chi connectivity index (χ1n) is 7.18. The van der Waals surface area contributed by atoms with Crippen LogP contribution in [0.1, 0.15) is 35.9 Å². The number of nitrogens with zero attached hydrogens (tertiary/aromatic N) is 2. The summed E-state index contributed by atoms with van der Waals surface area (Å²) >= 11 is 0. The molecule has 1 aliphatic rings. The first-order chi connectivity index (χ1) is 10.6. The number of nitrogens with one attached hydrogen (secondary N) is 1. The molecule has 0 atom stereocenters. The highest BCUT2D eigenvalue weighted by molar-refractivity contribution is 6.02. The van der Waals surface area contributed by atoms with Crippen molar-refractivity contribution < 1.29 is 14.3 Å². The van der Waals surface area contributed by atoms with Gasteiger partial charge in [0.05, 0.1) is 5.69 Å². The van der Waals surface area contributed by atoms with Crippen molar-refractivity contribution in [1.29, 1.82) is 0 Å². The number of rotatable bonds is 3. The summed E-state index contributed by atoms with van der Waals surface area (Å²) in [4.78, 5) is 12.2. The van der Waals surface area contributed by atoms with Gasteiger partial charge in [0.2, 0.25) is 0 Å². The second-order valence-electron chi connectivity index (χ2n) is 5.31. The van der Waals surface area contributed by atoms with E-state index in [1.54, 1.807) is 24.3 Å². The second-order valence-corrected chi connectivity index (χ2v) is 5.31. The summed E-state index contributed by atoms with van der Waals surface area (Å²) in [6.45, 7) is 5.10. The monoisotopic (exact) mass is 299 g/mol. The van der Waals surface area contributed by atoms with Gasteiger partial charge >= 0.3 is 0 Å². The van der Waals surface area contributed by atoms with Crippen molar-refractivity contribution >= 4 is 11.6 Å². The Hall–Kier alpha value is -2.63. The largest absolute Gasteiger partial charge is 0.486 e. The van der Waals surface area contributed by atoms with Gasteiger partial charge in [0.1, 0.15) is 13.2 Å². The van der Waals surface area contributed by atoms with Crippen molar-refractivity contribution in [3.05, 3.63) is 41.7 Å². The SMILES string of the molecule is CC(C)c1ccc(C(=O)Nc2ccc3c(c2)OCCO3)nn1. The molecule has 6 nitrogen and oxygen atoms in total. The Morgan fingerprint density at radius 1 is 1.09 bits per heavy atom. The highest BCUT2D eigenvalue weighted by Gasteiger charge is 2.14. The van der Waals surface area contributed by atoms with Crippen LogP contribution < -0.4 is 14.8 Å². The van der Waals surface area contributed by atoms with Crippen molar-refractivity contribution in [3.8, 4) is 11.5 Å². The van der Waals surface area contributed by atoms with Crippen LogP contribution >= 0.6 is 0 Å². The highest BCUT2D eigenvalue weighted by atomic mass is 16.6. The lowest BCUT2D eigenvalue weighted by Gasteiger charge is -2.18. The molecule has 2 aromatic rings. The van der Waals surface area contributed by atoms with Crippen LogP contribution in [0.4, 0.5) is 5.69 Å². The predicted molar refractivity (Wildman–Crippen MR) is 81.5 cm³/mol. The summed E-state index contributed by atoms with van der Waals surface area (Å²) in [6.07, 6.45) is 0. The van der Waals surface area contributed by atoms with E-state index in [0.29, 0.717) is 30.4 Å².